The third kappa shape index (κ3) is 4.09. The summed E-state index contributed by atoms with van der Waals surface area (Å²) < 4.78 is 26.0. The number of sulfonamides is 1. The Labute approximate surface area is 92.1 Å². The molecule has 1 aliphatic carbocycles. The van der Waals surface area contributed by atoms with Crippen molar-refractivity contribution in [2.45, 2.75) is 56.8 Å². The minimum atomic E-state index is -3.13. The monoisotopic (exact) mass is 235 g/mol. The van der Waals surface area contributed by atoms with E-state index < -0.39 is 16.1 Å². The maximum absolute atomic E-state index is 11.7. The number of hydrogen-bond acceptors (Lipinski definition) is 3. The van der Waals surface area contributed by atoms with Gasteiger partial charge in [0.15, 0.2) is 0 Å². The van der Waals surface area contributed by atoms with Gasteiger partial charge >= 0.3 is 0 Å². The first kappa shape index (κ1) is 12.9. The first-order valence-electron chi connectivity index (χ1n) is 5.73. The van der Waals surface area contributed by atoms with E-state index in [1.54, 1.807) is 0 Å². The van der Waals surface area contributed by atoms with Crippen LogP contribution in [0.1, 0.15) is 45.4 Å². The van der Waals surface area contributed by atoms with E-state index in [-0.39, 0.29) is 5.25 Å². The fourth-order valence-corrected chi connectivity index (χ4v) is 3.48. The summed E-state index contributed by atoms with van der Waals surface area (Å²) in [5, 5.41) is 9.09. The molecule has 0 aromatic heterocycles. The van der Waals surface area contributed by atoms with Crippen molar-refractivity contribution in [2.75, 3.05) is 6.54 Å². The Bertz CT molecular complexity index is 270. The number of hydrogen-bond donors (Lipinski definition) is 2. The van der Waals surface area contributed by atoms with Crippen LogP contribution in [0.15, 0.2) is 0 Å². The molecule has 1 atom stereocenters. The SMILES string of the molecule is CCC(O)CCNS(=O)(=O)C1CCCC1. The van der Waals surface area contributed by atoms with E-state index in [1.165, 1.54) is 0 Å². The van der Waals surface area contributed by atoms with Gasteiger partial charge in [0.2, 0.25) is 10.0 Å². The maximum Gasteiger partial charge on any atom is 0.214 e. The molecule has 0 saturated heterocycles. The van der Waals surface area contributed by atoms with E-state index in [4.69, 9.17) is 0 Å². The predicted molar refractivity (Wildman–Crippen MR) is 60.1 cm³/mol. The molecule has 0 bridgehead atoms. The molecule has 1 unspecified atom stereocenters. The Kier molecular flexibility index (Phi) is 5.02. The Morgan fingerprint density at radius 2 is 2.00 bits per heavy atom. The van der Waals surface area contributed by atoms with Crippen molar-refractivity contribution in [2.24, 2.45) is 0 Å². The van der Waals surface area contributed by atoms with Crippen LogP contribution in [0.25, 0.3) is 0 Å². The van der Waals surface area contributed by atoms with Crippen LogP contribution >= 0.6 is 0 Å². The normalized spacial score (nSPS) is 20.7. The van der Waals surface area contributed by atoms with Crippen LogP contribution in [-0.2, 0) is 10.0 Å². The van der Waals surface area contributed by atoms with E-state index >= 15 is 0 Å². The first-order valence-corrected chi connectivity index (χ1v) is 7.27. The maximum atomic E-state index is 11.7. The molecule has 0 radical (unpaired) electrons. The first-order chi connectivity index (χ1) is 7.06. The zero-order valence-electron chi connectivity index (χ0n) is 9.28. The molecule has 0 aliphatic heterocycles. The average Bonchev–Trinajstić information content (AvgIpc) is 2.70. The third-order valence-electron chi connectivity index (χ3n) is 2.99. The summed E-state index contributed by atoms with van der Waals surface area (Å²) in [6.45, 7) is 2.24. The van der Waals surface area contributed by atoms with Crippen molar-refractivity contribution in [3.05, 3.63) is 0 Å². The third-order valence-corrected chi connectivity index (χ3v) is 4.95. The quantitative estimate of drug-likeness (QED) is 0.722. The fraction of sp³-hybridized carbons (Fsp3) is 1.00. The van der Waals surface area contributed by atoms with Gasteiger partial charge in [-0.25, -0.2) is 13.1 Å². The van der Waals surface area contributed by atoms with Gasteiger partial charge in [0.25, 0.3) is 0 Å². The molecule has 15 heavy (non-hydrogen) atoms. The van der Waals surface area contributed by atoms with E-state index in [1.807, 2.05) is 6.92 Å². The molecule has 1 aliphatic rings. The van der Waals surface area contributed by atoms with Crippen LogP contribution in [-0.4, -0.2) is 31.4 Å². The summed E-state index contributed by atoms with van der Waals surface area (Å²) in [6.07, 6.45) is 4.38. The lowest BCUT2D eigenvalue weighted by Gasteiger charge is -2.13. The van der Waals surface area contributed by atoms with Crippen molar-refractivity contribution in [1.82, 2.24) is 4.72 Å². The van der Waals surface area contributed by atoms with Gasteiger partial charge in [-0.05, 0) is 25.7 Å². The second-order valence-electron chi connectivity index (χ2n) is 4.20. The van der Waals surface area contributed by atoms with Gasteiger partial charge in [0.05, 0.1) is 11.4 Å². The predicted octanol–water partition coefficient (Wildman–Crippen LogP) is 1.01. The van der Waals surface area contributed by atoms with Crippen LogP contribution in [0.5, 0.6) is 0 Å². The van der Waals surface area contributed by atoms with Crippen molar-refractivity contribution in [3.8, 4) is 0 Å². The summed E-state index contributed by atoms with van der Waals surface area (Å²) in [6, 6.07) is 0. The minimum Gasteiger partial charge on any atom is -0.393 e. The van der Waals surface area contributed by atoms with Crippen LogP contribution in [0, 0.1) is 0 Å². The minimum absolute atomic E-state index is 0.198. The second-order valence-corrected chi connectivity index (χ2v) is 6.24. The standard InChI is InChI=1S/C10H21NO3S/c1-2-9(12)7-8-11-15(13,14)10-5-3-4-6-10/h9-12H,2-8H2,1H3. The van der Waals surface area contributed by atoms with Gasteiger partial charge < -0.3 is 5.11 Å². The van der Waals surface area contributed by atoms with Crippen LogP contribution in [0.3, 0.4) is 0 Å². The molecule has 0 aromatic rings. The van der Waals surface area contributed by atoms with E-state index in [0.717, 1.165) is 25.7 Å². The van der Waals surface area contributed by atoms with Crippen molar-refractivity contribution < 1.29 is 13.5 Å². The van der Waals surface area contributed by atoms with Crippen LogP contribution in [0.4, 0.5) is 0 Å². The van der Waals surface area contributed by atoms with Crippen molar-refractivity contribution in [1.29, 1.82) is 0 Å². The Balaban J connectivity index is 2.30. The Morgan fingerprint density at radius 1 is 1.40 bits per heavy atom. The van der Waals surface area contributed by atoms with Gasteiger partial charge in [-0.2, -0.15) is 0 Å². The molecular weight excluding hydrogens is 214 g/mol. The molecule has 5 heteroatoms. The number of nitrogens with one attached hydrogen (secondary N) is 1. The topological polar surface area (TPSA) is 66.4 Å². The van der Waals surface area contributed by atoms with Crippen LogP contribution in [0.2, 0.25) is 0 Å². The van der Waals surface area contributed by atoms with Gasteiger partial charge in [0.1, 0.15) is 0 Å². The molecule has 1 fully saturated rings. The summed E-state index contributed by atoms with van der Waals surface area (Å²) in [7, 11) is -3.13. The lowest BCUT2D eigenvalue weighted by atomic mass is 10.2. The number of aliphatic hydroxyl groups excluding tert-OH is 1. The molecule has 1 saturated carbocycles. The summed E-state index contributed by atoms with van der Waals surface area (Å²) >= 11 is 0. The molecule has 0 heterocycles. The highest BCUT2D eigenvalue weighted by molar-refractivity contribution is 7.90. The highest BCUT2D eigenvalue weighted by Gasteiger charge is 2.27. The molecule has 0 amide bonds. The zero-order chi connectivity index (χ0) is 11.3. The zero-order valence-corrected chi connectivity index (χ0v) is 10.1. The summed E-state index contributed by atoms with van der Waals surface area (Å²) in [5.41, 5.74) is 0. The van der Waals surface area contributed by atoms with Gasteiger partial charge in [0, 0.05) is 6.54 Å². The average molecular weight is 235 g/mol. The highest BCUT2D eigenvalue weighted by Crippen LogP contribution is 2.23. The van der Waals surface area contributed by atoms with E-state index in [2.05, 4.69) is 4.72 Å². The molecule has 4 nitrogen and oxygen atoms in total. The Morgan fingerprint density at radius 3 is 2.53 bits per heavy atom. The fourth-order valence-electron chi connectivity index (χ4n) is 1.89. The summed E-state index contributed by atoms with van der Waals surface area (Å²) in [4.78, 5) is 0. The molecule has 90 valence electrons. The van der Waals surface area contributed by atoms with Gasteiger partial charge in [-0.3, -0.25) is 0 Å². The van der Waals surface area contributed by atoms with Gasteiger partial charge in [-0.15, -0.1) is 0 Å². The molecule has 0 aromatic carbocycles. The molecule has 1 rings (SSSR count). The smallest absolute Gasteiger partial charge is 0.214 e. The van der Waals surface area contributed by atoms with E-state index in [0.29, 0.717) is 19.4 Å². The van der Waals surface area contributed by atoms with Crippen molar-refractivity contribution in [3.63, 3.8) is 0 Å². The number of aliphatic hydroxyl groups is 1. The lowest BCUT2D eigenvalue weighted by molar-refractivity contribution is 0.162. The van der Waals surface area contributed by atoms with Crippen LogP contribution < -0.4 is 4.72 Å². The van der Waals surface area contributed by atoms with Crippen molar-refractivity contribution >= 4 is 10.0 Å². The number of rotatable bonds is 6. The largest absolute Gasteiger partial charge is 0.393 e. The second kappa shape index (κ2) is 5.82. The van der Waals surface area contributed by atoms with Gasteiger partial charge in [-0.1, -0.05) is 19.8 Å². The molecule has 0 spiro atoms. The molecular formula is C10H21NO3S. The highest BCUT2D eigenvalue weighted by atomic mass is 32.2. The summed E-state index contributed by atoms with van der Waals surface area (Å²) in [5.74, 6) is 0. The lowest BCUT2D eigenvalue weighted by Crippen LogP contribution is -2.34. The Hall–Kier alpha value is -0.130. The van der Waals surface area contributed by atoms with E-state index in [9.17, 15) is 13.5 Å². The molecule has 2 N–H and O–H groups in total.